The number of rotatable bonds is 3. The molecule has 0 saturated heterocycles. The molecule has 0 unspecified atom stereocenters. The summed E-state index contributed by atoms with van der Waals surface area (Å²) in [6.07, 6.45) is 1.44. The molecule has 9 heteroatoms. The molecule has 9 nitrogen and oxygen atoms in total. The predicted octanol–water partition coefficient (Wildman–Crippen LogP) is 2.84. The number of anilines is 2. The molecule has 0 spiro atoms. The van der Waals surface area contributed by atoms with Gasteiger partial charge in [0, 0.05) is 11.9 Å². The number of nitrogens with zero attached hydrogens (tertiary/aromatic N) is 4. The second kappa shape index (κ2) is 6.61. The minimum absolute atomic E-state index is 0.173. The van der Waals surface area contributed by atoms with E-state index in [1.807, 2.05) is 31.2 Å². The van der Waals surface area contributed by atoms with Crippen molar-refractivity contribution in [3.63, 3.8) is 0 Å². The van der Waals surface area contributed by atoms with Crippen molar-refractivity contribution in [2.45, 2.75) is 6.92 Å². The van der Waals surface area contributed by atoms with Crippen LogP contribution in [0.1, 0.15) is 21.7 Å². The Bertz CT molecular complexity index is 1100. The number of hydrogen-bond donors (Lipinski definition) is 3. The van der Waals surface area contributed by atoms with Crippen LogP contribution in [0.25, 0.3) is 5.57 Å². The average molecular weight is 359 g/mol. The number of H-pyrrole nitrogens is 1. The Morgan fingerprint density at radius 1 is 1.26 bits per heavy atom. The standard InChI is InChI=1S/C18H13N7O2/c1-10-2-4-16-14(6-10)21-18(26)13-7-12(3-5-15(13)27-16)20-9-11(8-19)17-22-24-25-23-17/h2-7,9,20H,1H3,(H,21,26)(H,22,23,24,25). The van der Waals surface area contributed by atoms with E-state index >= 15 is 0 Å². The minimum atomic E-state index is -0.277. The molecular formula is C18H13N7O2. The zero-order chi connectivity index (χ0) is 18.8. The van der Waals surface area contributed by atoms with Gasteiger partial charge in [0.05, 0.1) is 11.3 Å². The lowest BCUT2D eigenvalue weighted by molar-refractivity contribution is 0.102. The molecule has 27 heavy (non-hydrogen) atoms. The van der Waals surface area contributed by atoms with Crippen molar-refractivity contribution in [3.8, 4) is 17.6 Å². The number of nitrogens with one attached hydrogen (secondary N) is 3. The first kappa shape index (κ1) is 16.3. The zero-order valence-corrected chi connectivity index (χ0v) is 14.1. The average Bonchev–Trinajstić information content (AvgIpc) is 3.15. The fourth-order valence-electron chi connectivity index (χ4n) is 2.60. The van der Waals surface area contributed by atoms with Gasteiger partial charge in [-0.15, -0.1) is 10.2 Å². The highest BCUT2D eigenvalue weighted by molar-refractivity contribution is 6.08. The van der Waals surface area contributed by atoms with Crippen LogP contribution in [0, 0.1) is 18.3 Å². The number of aromatic amines is 1. The zero-order valence-electron chi connectivity index (χ0n) is 14.1. The Labute approximate surface area is 153 Å². The maximum Gasteiger partial charge on any atom is 0.259 e. The number of hydrogen-bond acceptors (Lipinski definition) is 7. The second-order valence-electron chi connectivity index (χ2n) is 5.82. The predicted molar refractivity (Wildman–Crippen MR) is 97.0 cm³/mol. The van der Waals surface area contributed by atoms with Crippen molar-refractivity contribution in [2.24, 2.45) is 0 Å². The Hall–Kier alpha value is -4.19. The minimum Gasteiger partial charge on any atom is -0.454 e. The molecule has 3 N–H and O–H groups in total. The molecule has 1 aliphatic rings. The number of aromatic nitrogens is 4. The lowest BCUT2D eigenvalue weighted by Gasteiger charge is -2.09. The van der Waals surface area contributed by atoms with Crippen molar-refractivity contribution < 1.29 is 9.53 Å². The molecule has 0 aliphatic carbocycles. The van der Waals surface area contributed by atoms with Gasteiger partial charge in [0.2, 0.25) is 5.82 Å². The first-order valence-electron chi connectivity index (χ1n) is 7.98. The van der Waals surface area contributed by atoms with Gasteiger partial charge in [0.25, 0.3) is 5.91 Å². The molecule has 0 saturated carbocycles. The van der Waals surface area contributed by atoms with Crippen LogP contribution in [0.4, 0.5) is 11.4 Å². The molecule has 0 atom stereocenters. The highest BCUT2D eigenvalue weighted by atomic mass is 16.5. The van der Waals surface area contributed by atoms with Gasteiger partial charge in [-0.3, -0.25) is 4.79 Å². The van der Waals surface area contributed by atoms with Gasteiger partial charge in [-0.1, -0.05) is 6.07 Å². The van der Waals surface area contributed by atoms with Crippen molar-refractivity contribution in [1.82, 2.24) is 20.6 Å². The highest BCUT2D eigenvalue weighted by Gasteiger charge is 2.21. The van der Waals surface area contributed by atoms with Crippen LogP contribution in [-0.2, 0) is 0 Å². The molecule has 0 bridgehead atoms. The van der Waals surface area contributed by atoms with Gasteiger partial charge < -0.3 is 15.4 Å². The quantitative estimate of drug-likeness (QED) is 0.613. The van der Waals surface area contributed by atoms with Crippen molar-refractivity contribution in [2.75, 3.05) is 10.6 Å². The Balaban J connectivity index is 1.63. The second-order valence-corrected chi connectivity index (χ2v) is 5.82. The third-order valence-electron chi connectivity index (χ3n) is 3.92. The SMILES string of the molecule is Cc1ccc2c(c1)NC(=O)c1cc(NC=C(C#N)c3nn[nH]n3)ccc1O2. The summed E-state index contributed by atoms with van der Waals surface area (Å²) >= 11 is 0. The molecule has 4 rings (SSSR count). The van der Waals surface area contributed by atoms with E-state index in [9.17, 15) is 10.1 Å². The molecule has 1 aromatic heterocycles. The smallest absolute Gasteiger partial charge is 0.259 e. The number of carbonyl (C=O) groups is 1. The number of ether oxygens (including phenoxy) is 1. The molecule has 2 heterocycles. The maximum absolute atomic E-state index is 12.6. The van der Waals surface area contributed by atoms with E-state index < -0.39 is 0 Å². The summed E-state index contributed by atoms with van der Waals surface area (Å²) in [5.41, 5.74) is 2.81. The fourth-order valence-corrected chi connectivity index (χ4v) is 2.60. The van der Waals surface area contributed by atoms with E-state index in [0.717, 1.165) is 5.56 Å². The van der Waals surface area contributed by atoms with Crippen LogP contribution in [0.5, 0.6) is 11.5 Å². The van der Waals surface area contributed by atoms with Gasteiger partial charge in [-0.25, -0.2) is 0 Å². The summed E-state index contributed by atoms with van der Waals surface area (Å²) < 4.78 is 5.88. The van der Waals surface area contributed by atoms with E-state index in [-0.39, 0.29) is 17.3 Å². The summed E-state index contributed by atoms with van der Waals surface area (Å²) in [7, 11) is 0. The topological polar surface area (TPSA) is 129 Å². The number of aryl methyl sites for hydroxylation is 1. The molecular weight excluding hydrogens is 346 g/mol. The Kier molecular flexibility index (Phi) is 3.99. The van der Waals surface area contributed by atoms with E-state index in [1.54, 1.807) is 18.2 Å². The number of benzene rings is 2. The molecule has 1 amide bonds. The van der Waals surface area contributed by atoms with Crippen LogP contribution >= 0.6 is 0 Å². The van der Waals surface area contributed by atoms with Crippen molar-refractivity contribution in [3.05, 3.63) is 59.5 Å². The Morgan fingerprint density at radius 2 is 2.11 bits per heavy atom. The molecule has 0 radical (unpaired) electrons. The van der Waals surface area contributed by atoms with E-state index in [0.29, 0.717) is 28.4 Å². The third kappa shape index (κ3) is 3.19. The van der Waals surface area contributed by atoms with Crippen molar-refractivity contribution in [1.29, 1.82) is 5.26 Å². The summed E-state index contributed by atoms with van der Waals surface area (Å²) in [6.45, 7) is 1.94. The molecule has 2 aromatic carbocycles. The Morgan fingerprint density at radius 3 is 2.89 bits per heavy atom. The van der Waals surface area contributed by atoms with E-state index in [1.165, 1.54) is 6.20 Å². The summed E-state index contributed by atoms with van der Waals surface area (Å²) in [6, 6.07) is 12.7. The van der Waals surface area contributed by atoms with Gasteiger partial charge in [0.1, 0.15) is 17.4 Å². The van der Waals surface area contributed by atoms with Crippen LogP contribution in [-0.4, -0.2) is 26.5 Å². The maximum atomic E-state index is 12.6. The number of fused-ring (bicyclic) bond motifs is 2. The summed E-state index contributed by atoms with van der Waals surface area (Å²) in [5.74, 6) is 0.924. The number of tetrazole rings is 1. The number of amides is 1. The first-order chi connectivity index (χ1) is 13.1. The first-order valence-corrected chi connectivity index (χ1v) is 7.98. The van der Waals surface area contributed by atoms with Gasteiger partial charge in [-0.05, 0) is 48.0 Å². The van der Waals surface area contributed by atoms with Gasteiger partial charge in [-0.2, -0.15) is 10.5 Å². The lowest BCUT2D eigenvalue weighted by atomic mass is 10.1. The summed E-state index contributed by atoms with van der Waals surface area (Å²) in [5, 5.41) is 28.3. The van der Waals surface area contributed by atoms with Gasteiger partial charge >= 0.3 is 0 Å². The molecule has 0 fully saturated rings. The van der Waals surface area contributed by atoms with Gasteiger partial charge in [0.15, 0.2) is 5.75 Å². The third-order valence-corrected chi connectivity index (χ3v) is 3.92. The van der Waals surface area contributed by atoms with E-state index in [4.69, 9.17) is 4.74 Å². The number of carbonyl (C=O) groups excluding carboxylic acids is 1. The van der Waals surface area contributed by atoms with Crippen LogP contribution in [0.3, 0.4) is 0 Å². The monoisotopic (exact) mass is 359 g/mol. The number of nitriles is 1. The normalized spacial score (nSPS) is 12.7. The van der Waals surface area contributed by atoms with Crippen molar-refractivity contribution >= 4 is 22.9 Å². The molecule has 1 aliphatic heterocycles. The number of allylic oxidation sites excluding steroid dienone is 1. The lowest BCUT2D eigenvalue weighted by Crippen LogP contribution is -2.10. The van der Waals surface area contributed by atoms with Crippen LogP contribution < -0.4 is 15.4 Å². The van der Waals surface area contributed by atoms with E-state index in [2.05, 4.69) is 31.3 Å². The summed E-state index contributed by atoms with van der Waals surface area (Å²) in [4.78, 5) is 12.6. The van der Waals surface area contributed by atoms with Crippen LogP contribution in [0.2, 0.25) is 0 Å². The fraction of sp³-hybridized carbons (Fsp3) is 0.0556. The largest absolute Gasteiger partial charge is 0.454 e. The van der Waals surface area contributed by atoms with Crippen LogP contribution in [0.15, 0.2) is 42.6 Å². The molecule has 132 valence electrons. The molecule has 3 aromatic rings. The highest BCUT2D eigenvalue weighted by Crippen LogP contribution is 2.37.